The van der Waals surface area contributed by atoms with E-state index >= 15 is 0 Å². The Bertz CT molecular complexity index is 405. The Hall–Kier alpha value is -1.89. The van der Waals surface area contributed by atoms with Crippen molar-refractivity contribution in [3.63, 3.8) is 0 Å². The molecule has 0 spiro atoms. The first-order valence-electron chi connectivity index (χ1n) is 3.76. The van der Waals surface area contributed by atoms with Crippen LogP contribution in [0.15, 0.2) is 12.1 Å². The SMILES string of the molecule is Cc1cc([N+]#N)c(C(=O)O)cc1C. The van der Waals surface area contributed by atoms with Gasteiger partial charge in [0, 0.05) is 6.07 Å². The van der Waals surface area contributed by atoms with Crippen LogP contribution in [0.4, 0.5) is 5.69 Å². The first-order valence-corrected chi connectivity index (χ1v) is 3.76. The second-order valence-corrected chi connectivity index (χ2v) is 2.86. The lowest BCUT2D eigenvalue weighted by Gasteiger charge is -1.97. The zero-order valence-electron chi connectivity index (χ0n) is 7.40. The second-order valence-electron chi connectivity index (χ2n) is 2.86. The molecule has 4 heteroatoms. The van der Waals surface area contributed by atoms with Crippen LogP contribution in [0.1, 0.15) is 21.5 Å². The molecule has 4 nitrogen and oxygen atoms in total. The fourth-order valence-corrected chi connectivity index (χ4v) is 1.05. The summed E-state index contributed by atoms with van der Waals surface area (Å²) in [5.41, 5.74) is 1.88. The molecule has 0 aliphatic rings. The highest BCUT2D eigenvalue weighted by Crippen LogP contribution is 2.23. The van der Waals surface area contributed by atoms with Gasteiger partial charge < -0.3 is 5.11 Å². The lowest BCUT2D eigenvalue weighted by molar-refractivity contribution is 0.0698. The zero-order chi connectivity index (χ0) is 10.0. The van der Waals surface area contributed by atoms with Crippen LogP contribution in [-0.2, 0) is 0 Å². The van der Waals surface area contributed by atoms with Crippen molar-refractivity contribution < 1.29 is 9.90 Å². The van der Waals surface area contributed by atoms with Gasteiger partial charge in [0.05, 0.1) is 0 Å². The Morgan fingerprint density at radius 1 is 1.38 bits per heavy atom. The highest BCUT2D eigenvalue weighted by Gasteiger charge is 2.20. The molecule has 0 atom stereocenters. The van der Waals surface area contributed by atoms with Crippen molar-refractivity contribution in [1.29, 1.82) is 5.39 Å². The van der Waals surface area contributed by atoms with Crippen molar-refractivity contribution in [2.45, 2.75) is 13.8 Å². The number of hydrogen-bond donors (Lipinski definition) is 1. The maximum absolute atomic E-state index is 10.7. The fourth-order valence-electron chi connectivity index (χ4n) is 1.05. The van der Waals surface area contributed by atoms with Crippen LogP contribution in [-0.4, -0.2) is 11.1 Å². The minimum absolute atomic E-state index is 0.0191. The average molecular weight is 177 g/mol. The molecule has 0 saturated heterocycles. The van der Waals surface area contributed by atoms with Gasteiger partial charge >= 0.3 is 11.7 Å². The Kier molecular flexibility index (Phi) is 2.29. The van der Waals surface area contributed by atoms with Crippen molar-refractivity contribution in [3.05, 3.63) is 33.8 Å². The number of carboxylic acid groups (broad SMARTS) is 1. The number of hydrogen-bond acceptors (Lipinski definition) is 2. The summed E-state index contributed by atoms with van der Waals surface area (Å²) in [6, 6.07) is 3.03. The Morgan fingerprint density at radius 3 is 2.38 bits per heavy atom. The fraction of sp³-hybridized carbons (Fsp3) is 0.222. The molecule has 0 saturated carbocycles. The molecule has 0 bridgehead atoms. The minimum Gasteiger partial charge on any atom is -0.477 e. The molecule has 0 radical (unpaired) electrons. The van der Waals surface area contributed by atoms with Crippen LogP contribution in [0.5, 0.6) is 0 Å². The quantitative estimate of drug-likeness (QED) is 0.670. The minimum atomic E-state index is -1.09. The maximum Gasteiger partial charge on any atom is 0.399 e. The number of rotatable bonds is 1. The molecule has 0 heterocycles. The van der Waals surface area contributed by atoms with E-state index in [1.807, 2.05) is 13.8 Å². The van der Waals surface area contributed by atoms with E-state index in [0.717, 1.165) is 11.1 Å². The van der Waals surface area contributed by atoms with Gasteiger partial charge in [0.1, 0.15) is 0 Å². The summed E-state index contributed by atoms with van der Waals surface area (Å²) in [4.78, 5) is 13.6. The van der Waals surface area contributed by atoms with E-state index in [9.17, 15) is 4.79 Å². The van der Waals surface area contributed by atoms with Crippen molar-refractivity contribution in [2.75, 3.05) is 0 Å². The molecule has 13 heavy (non-hydrogen) atoms. The van der Waals surface area contributed by atoms with E-state index in [-0.39, 0.29) is 11.3 Å². The van der Waals surface area contributed by atoms with Gasteiger partial charge in [0.25, 0.3) is 0 Å². The third-order valence-electron chi connectivity index (χ3n) is 1.95. The number of benzene rings is 1. The lowest BCUT2D eigenvalue weighted by Crippen LogP contribution is -1.97. The zero-order valence-corrected chi connectivity index (χ0v) is 7.40. The summed E-state index contributed by atoms with van der Waals surface area (Å²) in [5, 5.41) is 17.3. The molecule has 1 aromatic carbocycles. The molecule has 0 unspecified atom stereocenters. The van der Waals surface area contributed by atoms with Gasteiger partial charge in [-0.25, -0.2) is 4.79 Å². The third-order valence-corrected chi connectivity index (χ3v) is 1.95. The van der Waals surface area contributed by atoms with Crippen LogP contribution in [0.3, 0.4) is 0 Å². The standard InChI is InChI=1S/C9H8N2O2/c1-5-3-7(9(12)13)8(11-10)4-6(5)2/h3-4H,1-2H3/p+1. The molecular formula is C9H9N2O2+. The Labute approximate surface area is 75.4 Å². The van der Waals surface area contributed by atoms with E-state index in [2.05, 4.69) is 4.98 Å². The van der Waals surface area contributed by atoms with E-state index in [1.54, 1.807) is 6.07 Å². The van der Waals surface area contributed by atoms with Gasteiger partial charge in [0.15, 0.2) is 10.5 Å². The molecule has 1 aromatic rings. The van der Waals surface area contributed by atoms with Crippen LogP contribution in [0, 0.1) is 19.2 Å². The summed E-state index contributed by atoms with van der Waals surface area (Å²) in [5.74, 6) is -1.09. The van der Waals surface area contributed by atoms with Crippen molar-refractivity contribution in [1.82, 2.24) is 0 Å². The molecule has 1 N–H and O–H groups in total. The number of diazo groups is 1. The Balaban J connectivity index is 3.44. The second kappa shape index (κ2) is 3.23. The molecule has 0 amide bonds. The maximum atomic E-state index is 10.7. The molecule has 0 aliphatic heterocycles. The molecule has 66 valence electrons. The first kappa shape index (κ1) is 9.20. The number of carbonyl (C=O) groups is 1. The van der Waals surface area contributed by atoms with Crippen molar-refractivity contribution >= 4 is 11.7 Å². The normalized spacial score (nSPS) is 9.31. The highest BCUT2D eigenvalue weighted by atomic mass is 16.4. The predicted molar refractivity (Wildman–Crippen MR) is 47.6 cm³/mol. The van der Waals surface area contributed by atoms with Gasteiger partial charge in [-0.05, 0) is 31.0 Å². The summed E-state index contributed by atoms with van der Waals surface area (Å²) in [7, 11) is 0. The van der Waals surface area contributed by atoms with Crippen LogP contribution in [0.2, 0.25) is 0 Å². The molecule has 0 aromatic heterocycles. The van der Waals surface area contributed by atoms with E-state index in [0.29, 0.717) is 0 Å². The van der Waals surface area contributed by atoms with Gasteiger partial charge in [0.2, 0.25) is 5.39 Å². The number of carboxylic acids is 1. The van der Waals surface area contributed by atoms with E-state index in [4.69, 9.17) is 10.5 Å². The molecular weight excluding hydrogens is 168 g/mol. The van der Waals surface area contributed by atoms with Gasteiger partial charge in [-0.2, -0.15) is 0 Å². The van der Waals surface area contributed by atoms with Gasteiger partial charge in [-0.3, -0.25) is 0 Å². The molecule has 1 rings (SSSR count). The molecule has 0 fully saturated rings. The summed E-state index contributed by atoms with van der Waals surface area (Å²) in [6.45, 7) is 3.64. The largest absolute Gasteiger partial charge is 0.477 e. The van der Waals surface area contributed by atoms with Gasteiger partial charge in [-0.1, -0.05) is 0 Å². The molecule has 0 aliphatic carbocycles. The van der Waals surface area contributed by atoms with Crippen molar-refractivity contribution in [2.24, 2.45) is 0 Å². The monoisotopic (exact) mass is 177 g/mol. The van der Waals surface area contributed by atoms with E-state index < -0.39 is 5.97 Å². The first-order chi connectivity index (χ1) is 6.06. The van der Waals surface area contributed by atoms with Gasteiger partial charge in [-0.15, -0.1) is 0 Å². The number of aromatic carboxylic acids is 1. The third kappa shape index (κ3) is 1.64. The van der Waals surface area contributed by atoms with Crippen LogP contribution in [0.25, 0.3) is 4.98 Å². The summed E-state index contributed by atoms with van der Waals surface area (Å²) < 4.78 is 0. The predicted octanol–water partition coefficient (Wildman–Crippen LogP) is 2.49. The van der Waals surface area contributed by atoms with Crippen LogP contribution >= 0.6 is 0 Å². The van der Waals surface area contributed by atoms with Crippen molar-refractivity contribution in [3.8, 4) is 0 Å². The summed E-state index contributed by atoms with van der Waals surface area (Å²) >= 11 is 0. The average Bonchev–Trinajstić information content (AvgIpc) is 2.08. The Morgan fingerprint density at radius 2 is 1.92 bits per heavy atom. The highest BCUT2D eigenvalue weighted by molar-refractivity contribution is 5.94. The lowest BCUT2D eigenvalue weighted by atomic mass is 10.0. The van der Waals surface area contributed by atoms with E-state index in [1.165, 1.54) is 6.07 Å². The summed E-state index contributed by atoms with van der Waals surface area (Å²) in [6.07, 6.45) is 0. The number of nitrogens with zero attached hydrogens (tertiary/aromatic N) is 2. The van der Waals surface area contributed by atoms with Crippen LogP contribution < -0.4 is 0 Å². The smallest absolute Gasteiger partial charge is 0.399 e. The topological polar surface area (TPSA) is 65.5 Å². The number of aryl methyl sites for hydroxylation is 2.